The molecule has 0 aliphatic carbocycles. The third kappa shape index (κ3) is 4.50. The van der Waals surface area contributed by atoms with Gasteiger partial charge in [0.2, 0.25) is 16.0 Å². The molecule has 12 heteroatoms. The standard InChI is InChI=1S/C20H22N8O3S/c1-28(2)32(30,31)15-5-3-13(4-6-15)25-18-17-16(8-10-22-19(17)29)26-20(27-18)23-9-7-14-11-21-12-24-14/h3-6,8,10-12,14H,7,9H2,1-2H3,(H,22,29)(H2,23,25,26,27). The molecule has 3 aromatic rings. The molecule has 0 spiro atoms. The van der Waals surface area contributed by atoms with Crippen molar-refractivity contribution >= 4 is 50.9 Å². The number of sulfonamides is 1. The first-order valence-corrected chi connectivity index (χ1v) is 11.3. The molecule has 0 radical (unpaired) electrons. The normalized spacial score (nSPS) is 15.5. The Morgan fingerprint density at radius 3 is 2.59 bits per heavy atom. The number of rotatable bonds is 8. The molecule has 11 nitrogen and oxygen atoms in total. The lowest BCUT2D eigenvalue weighted by molar-refractivity contribution is 0.521. The summed E-state index contributed by atoms with van der Waals surface area (Å²) in [6.07, 6.45) is 5.55. The minimum absolute atomic E-state index is 0.0281. The number of nitrogens with one attached hydrogen (secondary N) is 3. The molecule has 166 valence electrons. The SMILES string of the molecule is CN(C)S(=O)(=O)c1ccc(Nc2nc(NCCC3C=NC=N3)nc3cc[nH]c(=O)c23)cc1. The van der Waals surface area contributed by atoms with Gasteiger partial charge in [0.15, 0.2) is 0 Å². The predicted molar refractivity (Wildman–Crippen MR) is 125 cm³/mol. The van der Waals surface area contributed by atoms with Crippen LogP contribution in [0.4, 0.5) is 17.5 Å². The number of aromatic nitrogens is 3. The van der Waals surface area contributed by atoms with E-state index in [9.17, 15) is 13.2 Å². The van der Waals surface area contributed by atoms with Crippen molar-refractivity contribution in [1.82, 2.24) is 19.3 Å². The van der Waals surface area contributed by atoms with Gasteiger partial charge < -0.3 is 15.6 Å². The summed E-state index contributed by atoms with van der Waals surface area (Å²) in [7, 11) is -0.589. The lowest BCUT2D eigenvalue weighted by Gasteiger charge is -2.13. The number of H-pyrrole nitrogens is 1. The number of aliphatic imine (C=N–C) groups is 2. The van der Waals surface area contributed by atoms with Gasteiger partial charge in [0.05, 0.1) is 16.5 Å². The summed E-state index contributed by atoms with van der Waals surface area (Å²) in [4.78, 5) is 32.3. The largest absolute Gasteiger partial charge is 0.354 e. The van der Waals surface area contributed by atoms with Crippen molar-refractivity contribution in [2.24, 2.45) is 9.98 Å². The van der Waals surface area contributed by atoms with E-state index in [-0.39, 0.29) is 16.5 Å². The molecule has 1 aliphatic rings. The van der Waals surface area contributed by atoms with Gasteiger partial charge in [-0.15, -0.1) is 0 Å². The Bertz CT molecular complexity index is 1340. The van der Waals surface area contributed by atoms with Crippen molar-refractivity contribution in [3.8, 4) is 0 Å². The summed E-state index contributed by atoms with van der Waals surface area (Å²) >= 11 is 0. The number of fused-ring (bicyclic) bond motifs is 1. The molecule has 1 atom stereocenters. The van der Waals surface area contributed by atoms with Crippen molar-refractivity contribution in [3.05, 3.63) is 46.9 Å². The molecule has 0 saturated carbocycles. The van der Waals surface area contributed by atoms with Crippen LogP contribution in [-0.2, 0) is 10.0 Å². The molecule has 1 aromatic carbocycles. The van der Waals surface area contributed by atoms with Crippen LogP contribution in [0.25, 0.3) is 10.9 Å². The van der Waals surface area contributed by atoms with Crippen LogP contribution < -0.4 is 16.2 Å². The molecule has 32 heavy (non-hydrogen) atoms. The second-order valence-electron chi connectivity index (χ2n) is 7.25. The van der Waals surface area contributed by atoms with E-state index in [4.69, 9.17) is 0 Å². The maximum Gasteiger partial charge on any atom is 0.261 e. The first-order valence-electron chi connectivity index (χ1n) is 9.82. The van der Waals surface area contributed by atoms with Crippen molar-refractivity contribution in [2.45, 2.75) is 17.4 Å². The topological polar surface area (TPSA) is 145 Å². The van der Waals surface area contributed by atoms with Crippen molar-refractivity contribution in [1.29, 1.82) is 0 Å². The summed E-state index contributed by atoms with van der Waals surface area (Å²) in [6, 6.07) is 7.94. The van der Waals surface area contributed by atoms with Crippen molar-refractivity contribution < 1.29 is 8.42 Å². The summed E-state index contributed by atoms with van der Waals surface area (Å²) in [5.74, 6) is 0.666. The Morgan fingerprint density at radius 1 is 1.12 bits per heavy atom. The molecule has 1 aliphatic heterocycles. The van der Waals surface area contributed by atoms with Gasteiger partial charge in [0.25, 0.3) is 5.56 Å². The van der Waals surface area contributed by atoms with E-state index < -0.39 is 10.0 Å². The third-order valence-corrected chi connectivity index (χ3v) is 6.65. The Balaban J connectivity index is 1.61. The highest BCUT2D eigenvalue weighted by Gasteiger charge is 2.17. The Morgan fingerprint density at radius 2 is 1.91 bits per heavy atom. The first-order chi connectivity index (χ1) is 15.3. The van der Waals surface area contributed by atoms with Crippen molar-refractivity contribution in [3.63, 3.8) is 0 Å². The van der Waals surface area contributed by atoms with Crippen LogP contribution in [0.2, 0.25) is 0 Å². The number of anilines is 3. The van der Waals surface area contributed by atoms with Crippen LogP contribution in [0.15, 0.2) is 56.2 Å². The fourth-order valence-corrected chi connectivity index (χ4v) is 4.00. The molecule has 2 aromatic heterocycles. The molecule has 4 rings (SSSR count). The Labute approximate surface area is 184 Å². The molecule has 0 saturated heterocycles. The fourth-order valence-electron chi connectivity index (χ4n) is 3.10. The van der Waals surface area contributed by atoms with Crippen molar-refractivity contribution in [2.75, 3.05) is 31.3 Å². The van der Waals surface area contributed by atoms with Crippen LogP contribution in [0, 0.1) is 0 Å². The monoisotopic (exact) mass is 454 g/mol. The minimum atomic E-state index is -3.54. The van der Waals surface area contributed by atoms with Crippen LogP contribution in [-0.4, -0.2) is 66.9 Å². The maximum atomic E-state index is 12.4. The zero-order chi connectivity index (χ0) is 22.7. The highest BCUT2D eigenvalue weighted by atomic mass is 32.2. The third-order valence-electron chi connectivity index (χ3n) is 4.82. The average molecular weight is 455 g/mol. The van der Waals surface area contributed by atoms with Gasteiger partial charge in [-0.25, -0.2) is 22.7 Å². The highest BCUT2D eigenvalue weighted by Crippen LogP contribution is 2.24. The minimum Gasteiger partial charge on any atom is -0.354 e. The fraction of sp³-hybridized carbons (Fsp3) is 0.250. The predicted octanol–water partition coefficient (Wildman–Crippen LogP) is 1.60. The van der Waals surface area contributed by atoms with Gasteiger partial charge in [-0.3, -0.25) is 9.79 Å². The van der Waals surface area contributed by atoms with Crippen LogP contribution >= 0.6 is 0 Å². The molecular formula is C20H22N8O3S. The second kappa shape index (κ2) is 8.85. The smallest absolute Gasteiger partial charge is 0.261 e. The van der Waals surface area contributed by atoms with E-state index in [1.807, 2.05) is 0 Å². The van der Waals surface area contributed by atoms with Gasteiger partial charge in [-0.2, -0.15) is 4.98 Å². The zero-order valence-electron chi connectivity index (χ0n) is 17.5. The number of pyridine rings is 1. The molecular weight excluding hydrogens is 432 g/mol. The van der Waals surface area contributed by atoms with E-state index in [1.54, 1.807) is 24.4 Å². The molecule has 0 fully saturated rings. The summed E-state index contributed by atoms with van der Waals surface area (Å²) in [6.45, 7) is 0.569. The summed E-state index contributed by atoms with van der Waals surface area (Å²) < 4.78 is 25.7. The zero-order valence-corrected chi connectivity index (χ0v) is 18.3. The first kappa shape index (κ1) is 21.6. The van der Waals surface area contributed by atoms with E-state index in [0.29, 0.717) is 34.9 Å². The highest BCUT2D eigenvalue weighted by molar-refractivity contribution is 7.89. The van der Waals surface area contributed by atoms with Gasteiger partial charge in [0.1, 0.15) is 17.5 Å². The van der Waals surface area contributed by atoms with E-state index in [0.717, 1.165) is 10.7 Å². The lowest BCUT2D eigenvalue weighted by atomic mass is 10.2. The average Bonchev–Trinajstić information content (AvgIpc) is 3.27. The Hall–Kier alpha value is -3.64. The molecule has 3 N–H and O–H groups in total. The Kier molecular flexibility index (Phi) is 5.97. The number of nitrogens with zero attached hydrogens (tertiary/aromatic N) is 5. The molecule has 0 bridgehead atoms. The quantitative estimate of drug-likeness (QED) is 0.469. The van der Waals surface area contributed by atoms with Gasteiger partial charge in [0, 0.05) is 38.7 Å². The van der Waals surface area contributed by atoms with Gasteiger partial charge >= 0.3 is 0 Å². The van der Waals surface area contributed by atoms with E-state index in [2.05, 4.69) is 35.6 Å². The number of hydrogen-bond acceptors (Lipinski definition) is 9. The summed E-state index contributed by atoms with van der Waals surface area (Å²) in [5.41, 5.74) is 0.717. The number of hydrogen-bond donors (Lipinski definition) is 3. The molecule has 3 heterocycles. The number of benzene rings is 1. The lowest BCUT2D eigenvalue weighted by Crippen LogP contribution is -2.22. The maximum absolute atomic E-state index is 12.4. The second-order valence-corrected chi connectivity index (χ2v) is 9.40. The molecule has 1 unspecified atom stereocenters. The van der Waals surface area contributed by atoms with Crippen LogP contribution in [0.5, 0.6) is 0 Å². The van der Waals surface area contributed by atoms with Crippen LogP contribution in [0.3, 0.4) is 0 Å². The molecule has 0 amide bonds. The van der Waals surface area contributed by atoms with Crippen LogP contribution in [0.1, 0.15) is 6.42 Å². The summed E-state index contributed by atoms with van der Waals surface area (Å²) in [5, 5.41) is 6.56. The van der Waals surface area contributed by atoms with Gasteiger partial charge in [-0.1, -0.05) is 0 Å². The van der Waals surface area contributed by atoms with E-state index in [1.165, 1.54) is 38.8 Å². The number of aromatic amines is 1. The van der Waals surface area contributed by atoms with E-state index >= 15 is 0 Å². The van der Waals surface area contributed by atoms with Gasteiger partial charge in [-0.05, 0) is 36.8 Å².